The minimum absolute atomic E-state index is 0.0269. The zero-order valence-corrected chi connectivity index (χ0v) is 25.0. The fourth-order valence-corrected chi connectivity index (χ4v) is 6.07. The number of aryl methyl sites for hydroxylation is 2. The second-order valence-electron chi connectivity index (χ2n) is 11.2. The van der Waals surface area contributed by atoms with E-state index in [-0.39, 0.29) is 52.5 Å². The first kappa shape index (κ1) is 27.8. The van der Waals surface area contributed by atoms with E-state index < -0.39 is 6.04 Å². The van der Waals surface area contributed by atoms with Gasteiger partial charge in [0.2, 0.25) is 11.8 Å². The molecule has 1 N–H and O–H groups in total. The van der Waals surface area contributed by atoms with E-state index in [1.807, 2.05) is 13.0 Å². The van der Waals surface area contributed by atoms with Gasteiger partial charge in [0.25, 0.3) is 0 Å². The largest absolute Gasteiger partial charge is 0.325 e. The number of piperidine rings is 1. The number of aromatic nitrogens is 6. The summed E-state index contributed by atoms with van der Waals surface area (Å²) in [6, 6.07) is 4.49. The van der Waals surface area contributed by atoms with E-state index in [0.717, 1.165) is 12.0 Å². The van der Waals surface area contributed by atoms with Gasteiger partial charge in [0, 0.05) is 36.3 Å². The number of nitrogens with zero attached hydrogens (tertiary/aromatic N) is 7. The number of aldehydes is 1. The van der Waals surface area contributed by atoms with E-state index in [4.69, 9.17) is 0 Å². The van der Waals surface area contributed by atoms with E-state index >= 15 is 0 Å². The summed E-state index contributed by atoms with van der Waals surface area (Å²) < 4.78 is 1.93. The third-order valence-electron chi connectivity index (χ3n) is 8.09. The lowest BCUT2D eigenvalue weighted by Crippen LogP contribution is -2.47. The Morgan fingerprint density at radius 3 is 2.57 bits per heavy atom. The van der Waals surface area contributed by atoms with Crippen LogP contribution in [-0.4, -0.2) is 70.6 Å². The monoisotopic (exact) mass is 630 g/mol. The zero-order chi connectivity index (χ0) is 29.9. The molecular weight excluding hydrogens is 604 g/mol. The molecule has 1 aliphatic carbocycles. The first-order valence-corrected chi connectivity index (χ1v) is 14.2. The van der Waals surface area contributed by atoms with Crippen molar-refractivity contribution in [3.63, 3.8) is 0 Å². The summed E-state index contributed by atoms with van der Waals surface area (Å²) in [4.78, 5) is 71.0. The first-order chi connectivity index (χ1) is 20.0. The average molecular weight is 631 g/mol. The Bertz CT molecular complexity index is 1800. The third-order valence-corrected chi connectivity index (χ3v) is 8.53. The molecule has 4 aromatic heterocycles. The Labute approximate surface area is 249 Å². The van der Waals surface area contributed by atoms with Crippen LogP contribution in [-0.2, 0) is 16.1 Å². The second kappa shape index (κ2) is 10.2. The van der Waals surface area contributed by atoms with Gasteiger partial charge in [0.15, 0.2) is 12.1 Å². The number of fused-ring (bicyclic) bond motifs is 2. The molecule has 1 saturated heterocycles. The molecule has 214 valence electrons. The summed E-state index contributed by atoms with van der Waals surface area (Å²) in [5.74, 6) is 0.0153. The average Bonchev–Trinajstić information content (AvgIpc) is 3.31. The van der Waals surface area contributed by atoms with Gasteiger partial charge in [0.1, 0.15) is 40.2 Å². The van der Waals surface area contributed by atoms with Crippen LogP contribution >= 0.6 is 15.9 Å². The van der Waals surface area contributed by atoms with Crippen LogP contribution in [0.4, 0.5) is 5.82 Å². The van der Waals surface area contributed by atoms with Gasteiger partial charge >= 0.3 is 0 Å². The van der Waals surface area contributed by atoms with Crippen LogP contribution in [0.2, 0.25) is 0 Å². The van der Waals surface area contributed by atoms with Crippen LogP contribution < -0.4 is 5.32 Å². The number of carbonyl (C=O) groups excluding carboxylic acids is 4. The predicted octanol–water partition coefficient (Wildman–Crippen LogP) is 3.70. The lowest BCUT2D eigenvalue weighted by molar-refractivity contribution is -0.138. The topological polar surface area (TPSA) is 153 Å². The number of halogens is 1. The maximum Gasteiger partial charge on any atom is 0.248 e. The molecule has 1 aliphatic heterocycles. The van der Waals surface area contributed by atoms with Gasteiger partial charge in [-0.2, -0.15) is 5.10 Å². The number of carbonyl (C=O) groups is 4. The van der Waals surface area contributed by atoms with E-state index in [0.29, 0.717) is 45.6 Å². The van der Waals surface area contributed by atoms with Gasteiger partial charge < -0.3 is 10.2 Å². The fourth-order valence-electron chi connectivity index (χ4n) is 5.77. The van der Waals surface area contributed by atoms with Gasteiger partial charge in [0.05, 0.1) is 11.2 Å². The molecule has 0 spiro atoms. The smallest absolute Gasteiger partial charge is 0.248 e. The molecule has 1 saturated carbocycles. The predicted molar refractivity (Wildman–Crippen MR) is 156 cm³/mol. The highest BCUT2D eigenvalue weighted by molar-refractivity contribution is 9.10. The highest BCUT2D eigenvalue weighted by Gasteiger charge is 2.64. The maximum absolute atomic E-state index is 13.9. The van der Waals surface area contributed by atoms with E-state index in [9.17, 15) is 19.2 Å². The van der Waals surface area contributed by atoms with Crippen molar-refractivity contribution < 1.29 is 19.2 Å². The Kier molecular flexibility index (Phi) is 6.71. The van der Waals surface area contributed by atoms with Crippen molar-refractivity contribution in [2.45, 2.75) is 59.2 Å². The number of anilines is 1. The number of ketones is 1. The van der Waals surface area contributed by atoms with Crippen LogP contribution in [0.3, 0.4) is 0 Å². The number of amides is 2. The Morgan fingerprint density at radius 1 is 1.14 bits per heavy atom. The minimum atomic E-state index is -0.702. The number of Topliss-reactive ketones (excluding diaryl/α,β-unsaturated/α-hetero) is 1. The Morgan fingerprint density at radius 2 is 1.88 bits per heavy atom. The van der Waals surface area contributed by atoms with Gasteiger partial charge in [-0.3, -0.25) is 23.9 Å². The number of likely N-dealkylation sites (tertiary alicyclic amines) is 1. The molecular formula is C29H27BrN8O4. The molecule has 4 aromatic rings. The second-order valence-corrected chi connectivity index (χ2v) is 12.0. The summed E-state index contributed by atoms with van der Waals surface area (Å²) in [5, 5.41) is 7.73. The summed E-state index contributed by atoms with van der Waals surface area (Å²) >= 11 is 3.33. The summed E-state index contributed by atoms with van der Waals surface area (Å²) in [6.45, 7) is 6.76. The van der Waals surface area contributed by atoms with Crippen molar-refractivity contribution in [2.24, 2.45) is 5.41 Å². The molecule has 0 aromatic carbocycles. The zero-order valence-electron chi connectivity index (χ0n) is 23.4. The quantitative estimate of drug-likeness (QED) is 0.183. The summed E-state index contributed by atoms with van der Waals surface area (Å²) in [7, 11) is 0. The molecule has 5 heterocycles. The highest BCUT2D eigenvalue weighted by Crippen LogP contribution is 2.59. The van der Waals surface area contributed by atoms with Gasteiger partial charge in [-0.05, 0) is 65.7 Å². The number of hydrogen-bond donors (Lipinski definition) is 1. The molecule has 2 aliphatic rings. The molecule has 0 radical (unpaired) electrons. The van der Waals surface area contributed by atoms with Crippen LogP contribution in [0.25, 0.3) is 22.2 Å². The maximum atomic E-state index is 13.9. The number of hydrogen-bond acceptors (Lipinski definition) is 9. The van der Waals surface area contributed by atoms with Crippen LogP contribution in [0.15, 0.2) is 35.2 Å². The van der Waals surface area contributed by atoms with Crippen molar-refractivity contribution in [3.05, 3.63) is 58.0 Å². The molecule has 13 heteroatoms. The Hall–Kier alpha value is -4.39. The fraction of sp³-hybridized carbons (Fsp3) is 0.345. The molecule has 12 nitrogen and oxygen atoms in total. The van der Waals surface area contributed by atoms with E-state index in [1.165, 1.54) is 11.6 Å². The molecule has 2 amide bonds. The van der Waals surface area contributed by atoms with Crippen molar-refractivity contribution in [3.8, 4) is 11.3 Å². The van der Waals surface area contributed by atoms with Crippen molar-refractivity contribution >= 4 is 56.5 Å². The van der Waals surface area contributed by atoms with Crippen molar-refractivity contribution in [1.29, 1.82) is 0 Å². The normalized spacial score (nSPS) is 20.8. The highest BCUT2D eigenvalue weighted by atomic mass is 79.9. The van der Waals surface area contributed by atoms with Crippen LogP contribution in [0.5, 0.6) is 0 Å². The third kappa shape index (κ3) is 4.77. The van der Waals surface area contributed by atoms with Gasteiger partial charge in [-0.25, -0.2) is 19.9 Å². The van der Waals surface area contributed by atoms with Crippen LogP contribution in [0, 0.1) is 19.3 Å². The number of nitrogens with one attached hydrogen (secondary N) is 1. The molecule has 0 unspecified atom stereocenters. The first-order valence-electron chi connectivity index (χ1n) is 13.4. The SMILES string of the molecule is CC(=O)c1nn(CC(=O)N2[C@H](C(=O)Nc3nc(Br)ccc3C)C[C@@]3(C)C[C@@H]23)c2c(C=O)nc(-c3cnc(C)nc3)cc12. The summed E-state index contributed by atoms with van der Waals surface area (Å²) in [6.07, 6.45) is 5.05. The van der Waals surface area contributed by atoms with Crippen LogP contribution in [0.1, 0.15) is 59.1 Å². The molecule has 2 fully saturated rings. The lowest BCUT2D eigenvalue weighted by Gasteiger charge is -2.27. The van der Waals surface area contributed by atoms with E-state index in [1.54, 1.807) is 36.4 Å². The number of rotatable bonds is 7. The van der Waals surface area contributed by atoms with Gasteiger partial charge in [-0.15, -0.1) is 0 Å². The molecule has 0 bridgehead atoms. The number of pyridine rings is 2. The van der Waals surface area contributed by atoms with Crippen molar-refractivity contribution in [1.82, 2.24) is 34.6 Å². The lowest BCUT2D eigenvalue weighted by atomic mass is 10.0. The van der Waals surface area contributed by atoms with E-state index in [2.05, 4.69) is 53.2 Å². The molecule has 6 rings (SSSR count). The van der Waals surface area contributed by atoms with Crippen molar-refractivity contribution in [2.75, 3.05) is 5.32 Å². The molecule has 42 heavy (non-hydrogen) atoms. The van der Waals surface area contributed by atoms with Gasteiger partial charge in [-0.1, -0.05) is 13.0 Å². The summed E-state index contributed by atoms with van der Waals surface area (Å²) in [5.41, 5.74) is 2.02. The standard InChI is InChI=1S/C29H27BrN8O4/c1-14-5-6-23(30)34-27(14)35-28(42)21-8-29(4)9-22(29)38(21)24(41)12-37-26-18(25(36-37)15(2)40)7-19(33-20(26)13-39)17-10-31-16(3)32-11-17/h5-7,10-11,13,21-22H,8-9,12H2,1-4H3,(H,34,35,42)/t21-,22+,29-/m0/s1. The Balaban J connectivity index is 1.34. The minimum Gasteiger partial charge on any atom is -0.325 e. The molecule has 3 atom stereocenters.